The van der Waals surface area contributed by atoms with Crippen LogP contribution < -0.4 is 0 Å². The van der Waals surface area contributed by atoms with E-state index >= 15 is 0 Å². The number of rotatable bonds is 7. The van der Waals surface area contributed by atoms with Gasteiger partial charge in [0.25, 0.3) is 5.69 Å². The molecule has 0 aromatic heterocycles. The van der Waals surface area contributed by atoms with E-state index < -0.39 is 16.6 Å². The number of carbonyl (C=O) groups is 1. The number of benzene rings is 1. The van der Waals surface area contributed by atoms with Gasteiger partial charge in [-0.1, -0.05) is 12.1 Å². The molecule has 0 spiro atoms. The summed E-state index contributed by atoms with van der Waals surface area (Å²) in [7, 11) is 1.76. The summed E-state index contributed by atoms with van der Waals surface area (Å²) in [5, 5.41) is 28.7. The van der Waals surface area contributed by atoms with Gasteiger partial charge >= 0.3 is 5.97 Å². The molecule has 1 rings (SSSR count). The molecule has 0 amide bonds. The molecule has 7 nitrogen and oxygen atoms in total. The van der Waals surface area contributed by atoms with Crippen LogP contribution in [0.4, 0.5) is 5.69 Å². The second-order valence-electron chi connectivity index (χ2n) is 4.19. The molecule has 19 heavy (non-hydrogen) atoms. The summed E-state index contributed by atoms with van der Waals surface area (Å²) in [4.78, 5) is 23.1. The van der Waals surface area contributed by atoms with Crippen LogP contribution in [0.5, 0.6) is 0 Å². The number of nitro benzene ring substituents is 1. The lowest BCUT2D eigenvalue weighted by molar-refractivity contribution is -0.385. The first kappa shape index (κ1) is 15.1. The van der Waals surface area contributed by atoms with Crippen LogP contribution in [0.25, 0.3) is 0 Å². The molecular formula is C12H16N2O5. The van der Waals surface area contributed by atoms with Crippen molar-refractivity contribution in [3.05, 3.63) is 39.4 Å². The maximum Gasteiger partial charge on any atom is 0.343 e. The number of aliphatic hydroxyl groups excluding tert-OH is 1. The highest BCUT2D eigenvalue weighted by molar-refractivity contribution is 5.94. The standard InChI is InChI=1S/C12H16N2O5/c1-13(6-3-7-15)8-9-4-2-5-10(14(18)19)11(9)12(16)17/h2,4-5,15H,3,6-8H2,1H3,(H,16,17). The largest absolute Gasteiger partial charge is 0.477 e. The smallest absolute Gasteiger partial charge is 0.343 e. The zero-order valence-corrected chi connectivity index (χ0v) is 10.6. The predicted molar refractivity (Wildman–Crippen MR) is 68.1 cm³/mol. The van der Waals surface area contributed by atoms with Crippen molar-refractivity contribution in [2.24, 2.45) is 0 Å². The molecule has 0 saturated carbocycles. The Morgan fingerprint density at radius 1 is 1.47 bits per heavy atom. The Morgan fingerprint density at radius 3 is 2.68 bits per heavy atom. The number of aliphatic hydroxyl groups is 1. The predicted octanol–water partition coefficient (Wildman–Crippen LogP) is 1.11. The highest BCUT2D eigenvalue weighted by Crippen LogP contribution is 2.23. The van der Waals surface area contributed by atoms with Crippen LogP contribution >= 0.6 is 0 Å². The molecule has 0 aliphatic rings. The Kier molecular flexibility index (Phi) is 5.40. The van der Waals surface area contributed by atoms with Crippen molar-refractivity contribution in [2.45, 2.75) is 13.0 Å². The summed E-state index contributed by atoms with van der Waals surface area (Å²) < 4.78 is 0. The molecule has 0 atom stereocenters. The first-order valence-electron chi connectivity index (χ1n) is 5.76. The van der Waals surface area contributed by atoms with E-state index in [1.165, 1.54) is 12.1 Å². The van der Waals surface area contributed by atoms with Gasteiger partial charge in [-0.05, 0) is 19.0 Å². The average molecular weight is 268 g/mol. The first-order valence-corrected chi connectivity index (χ1v) is 5.76. The summed E-state index contributed by atoms with van der Waals surface area (Å²) in [6.07, 6.45) is 0.563. The molecule has 0 unspecified atom stereocenters. The van der Waals surface area contributed by atoms with Crippen LogP contribution in [0, 0.1) is 10.1 Å². The third-order valence-corrected chi connectivity index (χ3v) is 2.68. The number of carboxylic acids is 1. The molecule has 0 heterocycles. The van der Waals surface area contributed by atoms with Gasteiger partial charge in [0.1, 0.15) is 5.56 Å². The van der Waals surface area contributed by atoms with Crippen LogP contribution in [0.1, 0.15) is 22.3 Å². The lowest BCUT2D eigenvalue weighted by Crippen LogP contribution is -2.21. The third-order valence-electron chi connectivity index (χ3n) is 2.68. The molecule has 0 aliphatic carbocycles. The van der Waals surface area contributed by atoms with E-state index in [4.69, 9.17) is 10.2 Å². The van der Waals surface area contributed by atoms with Crippen molar-refractivity contribution < 1.29 is 19.9 Å². The highest BCUT2D eigenvalue weighted by Gasteiger charge is 2.23. The van der Waals surface area contributed by atoms with Crippen LogP contribution in [0.3, 0.4) is 0 Å². The monoisotopic (exact) mass is 268 g/mol. The molecule has 0 saturated heterocycles. The molecule has 1 aromatic rings. The molecule has 0 fully saturated rings. The maximum atomic E-state index is 11.2. The third kappa shape index (κ3) is 4.01. The Hall–Kier alpha value is -1.99. The molecule has 0 aliphatic heterocycles. The van der Waals surface area contributed by atoms with E-state index in [0.29, 0.717) is 18.5 Å². The normalized spacial score (nSPS) is 10.7. The van der Waals surface area contributed by atoms with E-state index in [0.717, 1.165) is 0 Å². The number of nitro groups is 1. The van der Waals surface area contributed by atoms with Crippen molar-refractivity contribution in [3.63, 3.8) is 0 Å². The summed E-state index contributed by atoms with van der Waals surface area (Å²) in [6.45, 7) is 0.909. The number of carboxylic acid groups (broad SMARTS) is 1. The average Bonchev–Trinajstić information content (AvgIpc) is 2.35. The first-order chi connectivity index (χ1) is 8.97. The molecule has 0 bridgehead atoms. The number of aromatic carboxylic acids is 1. The number of nitrogens with zero attached hydrogens (tertiary/aromatic N) is 2. The fraction of sp³-hybridized carbons (Fsp3) is 0.417. The van der Waals surface area contributed by atoms with Gasteiger partial charge < -0.3 is 15.1 Å². The van der Waals surface area contributed by atoms with Gasteiger partial charge in [0.15, 0.2) is 0 Å². The minimum Gasteiger partial charge on any atom is -0.477 e. The second kappa shape index (κ2) is 6.81. The highest BCUT2D eigenvalue weighted by atomic mass is 16.6. The van der Waals surface area contributed by atoms with Gasteiger partial charge in [-0.2, -0.15) is 0 Å². The molecule has 1 aromatic carbocycles. The van der Waals surface area contributed by atoms with E-state index in [2.05, 4.69) is 0 Å². The van der Waals surface area contributed by atoms with Crippen molar-refractivity contribution in [1.82, 2.24) is 4.90 Å². The summed E-state index contributed by atoms with van der Waals surface area (Å²) in [5.41, 5.74) is -0.286. The lowest BCUT2D eigenvalue weighted by atomic mass is 10.0. The van der Waals surface area contributed by atoms with E-state index in [1.54, 1.807) is 13.1 Å². The van der Waals surface area contributed by atoms with Crippen molar-refractivity contribution in [1.29, 1.82) is 0 Å². The van der Waals surface area contributed by atoms with Crippen molar-refractivity contribution in [3.8, 4) is 0 Å². The van der Waals surface area contributed by atoms with Gasteiger partial charge in [-0.15, -0.1) is 0 Å². The number of hydrogen-bond acceptors (Lipinski definition) is 5. The van der Waals surface area contributed by atoms with Gasteiger partial charge in [0, 0.05) is 25.8 Å². The second-order valence-corrected chi connectivity index (χ2v) is 4.19. The lowest BCUT2D eigenvalue weighted by Gasteiger charge is -2.17. The van der Waals surface area contributed by atoms with E-state index in [-0.39, 0.29) is 18.7 Å². The summed E-state index contributed by atoms with van der Waals surface area (Å²) in [5.74, 6) is -1.31. The molecule has 2 N–H and O–H groups in total. The SMILES string of the molecule is CN(CCCO)Cc1cccc([N+](=O)[O-])c1C(=O)O. The topological polar surface area (TPSA) is 104 Å². The minimum atomic E-state index is -1.31. The van der Waals surface area contributed by atoms with Crippen LogP contribution in [0.15, 0.2) is 18.2 Å². The zero-order valence-electron chi connectivity index (χ0n) is 10.6. The van der Waals surface area contributed by atoms with E-state index in [1.807, 2.05) is 4.90 Å². The van der Waals surface area contributed by atoms with Crippen molar-refractivity contribution in [2.75, 3.05) is 20.2 Å². The van der Waals surface area contributed by atoms with Gasteiger partial charge in [-0.25, -0.2) is 4.79 Å². The van der Waals surface area contributed by atoms with Crippen LogP contribution in [-0.2, 0) is 6.54 Å². The van der Waals surface area contributed by atoms with E-state index in [9.17, 15) is 14.9 Å². The minimum absolute atomic E-state index is 0.0467. The molecule has 7 heteroatoms. The van der Waals surface area contributed by atoms with Gasteiger partial charge in [0.2, 0.25) is 0 Å². The van der Waals surface area contributed by atoms with Crippen molar-refractivity contribution >= 4 is 11.7 Å². The quantitative estimate of drug-likeness (QED) is 0.567. The zero-order chi connectivity index (χ0) is 14.4. The Balaban J connectivity index is 3.03. The Labute approximate surface area is 110 Å². The number of hydrogen-bond donors (Lipinski definition) is 2. The maximum absolute atomic E-state index is 11.2. The Bertz CT molecular complexity index is 475. The summed E-state index contributed by atoms with van der Waals surface area (Å²) in [6, 6.07) is 4.21. The van der Waals surface area contributed by atoms with Crippen LogP contribution in [-0.4, -0.2) is 46.2 Å². The van der Waals surface area contributed by atoms with Crippen LogP contribution in [0.2, 0.25) is 0 Å². The molecule has 104 valence electrons. The fourth-order valence-electron chi connectivity index (χ4n) is 1.83. The molecule has 0 radical (unpaired) electrons. The van der Waals surface area contributed by atoms with Gasteiger partial charge in [-0.3, -0.25) is 10.1 Å². The molecular weight excluding hydrogens is 252 g/mol. The van der Waals surface area contributed by atoms with Gasteiger partial charge in [0.05, 0.1) is 4.92 Å². The fourth-order valence-corrected chi connectivity index (χ4v) is 1.83. The Morgan fingerprint density at radius 2 is 2.16 bits per heavy atom. The summed E-state index contributed by atoms with van der Waals surface area (Å²) >= 11 is 0.